The Morgan fingerprint density at radius 2 is 1.80 bits per heavy atom. The van der Waals surface area contributed by atoms with E-state index in [9.17, 15) is 35.1 Å². The van der Waals surface area contributed by atoms with E-state index >= 15 is 0 Å². The van der Waals surface area contributed by atoms with E-state index < -0.39 is 71.5 Å². The van der Waals surface area contributed by atoms with Crippen LogP contribution in [0.15, 0.2) is 29.3 Å². The van der Waals surface area contributed by atoms with Gasteiger partial charge in [0.05, 0.1) is 54.3 Å². The van der Waals surface area contributed by atoms with Gasteiger partial charge in [0.1, 0.15) is 17.2 Å². The molecule has 0 unspecified atom stereocenters. The monoisotopic (exact) mass is 569 g/mol. The molecular weight excluding hydrogens is 534 g/mol. The molecule has 6 atom stereocenters. The Bertz CT molecular complexity index is 1450. The van der Waals surface area contributed by atoms with Gasteiger partial charge in [-0.1, -0.05) is 17.7 Å². The summed E-state index contributed by atoms with van der Waals surface area (Å²) in [5.74, 6) is -2.40. The topological polar surface area (TPSA) is 189 Å². The number of hydrogen-bond acceptors (Lipinski definition) is 11. The lowest BCUT2D eigenvalue weighted by atomic mass is 9.70. The fourth-order valence-corrected chi connectivity index (χ4v) is 6.39. The number of hydrogen-bond donors (Lipinski definition) is 6. The van der Waals surface area contributed by atoms with Crippen LogP contribution in [0.2, 0.25) is 0 Å². The van der Waals surface area contributed by atoms with Crippen molar-refractivity contribution in [1.82, 2.24) is 0 Å². The van der Waals surface area contributed by atoms with Crippen LogP contribution in [0, 0.1) is 0 Å². The Labute approximate surface area is 236 Å². The molecule has 3 aliphatic rings. The molecule has 7 N–H and O–H groups in total. The van der Waals surface area contributed by atoms with E-state index in [4.69, 9.17) is 19.9 Å². The van der Waals surface area contributed by atoms with Crippen molar-refractivity contribution in [2.24, 2.45) is 5.73 Å². The molecule has 1 fully saturated rings. The molecule has 2 aliphatic carbocycles. The minimum atomic E-state index is -1.74. The maximum atomic E-state index is 13.8. The maximum absolute atomic E-state index is 13.8. The van der Waals surface area contributed by atoms with Gasteiger partial charge in [-0.3, -0.25) is 9.59 Å². The van der Waals surface area contributed by atoms with Gasteiger partial charge in [-0.25, -0.2) is 0 Å². The quantitative estimate of drug-likeness (QED) is 0.194. The smallest absolute Gasteiger partial charge is 0.202 e. The number of aromatic hydroxyl groups is 2. The highest BCUT2D eigenvalue weighted by molar-refractivity contribution is 6.31. The second kappa shape index (κ2) is 10.5. The van der Waals surface area contributed by atoms with Crippen molar-refractivity contribution in [3.63, 3.8) is 0 Å². The summed E-state index contributed by atoms with van der Waals surface area (Å²) in [6.07, 6.45) is -4.11. The second-order valence-corrected chi connectivity index (χ2v) is 11.2. The number of ether oxygens (including phenoxy) is 3. The standard InChI is InChI=1S/C30H35NO10/c1-12(2)16(11-32)30(38)9-15-22(19(10-30)41-20-8-17(31)25(33)13(3)40-20)29(37)24-23(27(15)35)26(34)14-6-5-7-18(39-4)21(14)28(24)36/h5-7,13,17,19-20,25,32-33,35,37-38H,8-11,31H2,1-4H3/t13-,17-,19-,20-,25+,30-/m1/s1. The first kappa shape index (κ1) is 29.2. The molecule has 5 rings (SSSR count). The summed E-state index contributed by atoms with van der Waals surface area (Å²) in [6, 6.07) is 3.82. The molecule has 1 aliphatic heterocycles. The van der Waals surface area contributed by atoms with Gasteiger partial charge in [-0.15, -0.1) is 0 Å². The van der Waals surface area contributed by atoms with Gasteiger partial charge in [0.25, 0.3) is 0 Å². The first-order valence-electron chi connectivity index (χ1n) is 13.5. The van der Waals surface area contributed by atoms with Crippen LogP contribution in [0.25, 0.3) is 0 Å². The zero-order chi connectivity index (χ0) is 30.0. The molecule has 41 heavy (non-hydrogen) atoms. The summed E-state index contributed by atoms with van der Waals surface area (Å²) in [6.45, 7) is 4.58. The number of aliphatic hydroxyl groups excluding tert-OH is 2. The molecule has 1 heterocycles. The van der Waals surface area contributed by atoms with Gasteiger partial charge in [0, 0.05) is 42.0 Å². The largest absolute Gasteiger partial charge is 0.507 e. The number of rotatable bonds is 5. The average Bonchev–Trinajstić information content (AvgIpc) is 2.91. The second-order valence-electron chi connectivity index (χ2n) is 11.2. The number of allylic oxidation sites excluding steroid dienone is 1. The van der Waals surface area contributed by atoms with Gasteiger partial charge >= 0.3 is 0 Å². The number of methoxy groups -OCH3 is 1. The number of carbonyl (C=O) groups excluding carboxylic acids is 2. The lowest BCUT2D eigenvalue weighted by Gasteiger charge is -2.43. The number of phenolic OH excluding ortho intramolecular Hbond substituents is 2. The molecule has 11 nitrogen and oxygen atoms in total. The molecule has 0 radical (unpaired) electrons. The van der Waals surface area contributed by atoms with Gasteiger partial charge in [0.2, 0.25) is 5.78 Å². The highest BCUT2D eigenvalue weighted by Crippen LogP contribution is 2.53. The number of ketones is 2. The predicted octanol–water partition coefficient (Wildman–Crippen LogP) is 1.77. The normalized spacial score (nSPS) is 28.9. The van der Waals surface area contributed by atoms with Crippen LogP contribution in [0.5, 0.6) is 17.2 Å². The lowest BCUT2D eigenvalue weighted by Crippen LogP contribution is -2.52. The van der Waals surface area contributed by atoms with Gasteiger partial charge in [0.15, 0.2) is 12.1 Å². The molecular formula is C30H35NO10. The van der Waals surface area contributed by atoms with Crippen LogP contribution < -0.4 is 10.5 Å². The van der Waals surface area contributed by atoms with Crippen molar-refractivity contribution in [2.75, 3.05) is 13.7 Å². The SMILES string of the molecule is COc1cccc2c1C(=O)c1c(O)c3c(c(O)c1C2=O)C[C@](O)(C(CO)=C(C)C)C[C@H]3O[C@@H]1C[C@@H](N)[C@@H](O)[C@@H](C)O1. The van der Waals surface area contributed by atoms with Crippen molar-refractivity contribution >= 4 is 11.6 Å². The molecule has 2 aromatic carbocycles. The van der Waals surface area contributed by atoms with Crippen LogP contribution in [0.3, 0.4) is 0 Å². The summed E-state index contributed by atoms with van der Waals surface area (Å²) in [5.41, 5.74) is 4.49. The zero-order valence-electron chi connectivity index (χ0n) is 23.3. The number of aliphatic hydroxyl groups is 3. The van der Waals surface area contributed by atoms with E-state index in [0.717, 1.165) is 0 Å². The fourth-order valence-electron chi connectivity index (χ4n) is 6.39. The average molecular weight is 570 g/mol. The Kier molecular flexibility index (Phi) is 7.48. The Balaban J connectivity index is 1.71. The Morgan fingerprint density at radius 3 is 2.41 bits per heavy atom. The van der Waals surface area contributed by atoms with E-state index in [-0.39, 0.29) is 58.4 Å². The molecule has 1 saturated heterocycles. The van der Waals surface area contributed by atoms with Crippen LogP contribution in [-0.4, -0.2) is 81.0 Å². The first-order chi connectivity index (χ1) is 19.3. The van der Waals surface area contributed by atoms with Crippen molar-refractivity contribution < 1.29 is 49.3 Å². The molecule has 220 valence electrons. The van der Waals surface area contributed by atoms with Crippen LogP contribution in [0.4, 0.5) is 0 Å². The summed E-state index contributed by atoms with van der Waals surface area (Å²) < 4.78 is 17.4. The van der Waals surface area contributed by atoms with Gasteiger partial charge in [-0.05, 0) is 32.4 Å². The van der Waals surface area contributed by atoms with Gasteiger partial charge in [-0.2, -0.15) is 0 Å². The molecule has 0 aromatic heterocycles. The van der Waals surface area contributed by atoms with Gasteiger partial charge < -0.3 is 45.5 Å². The molecule has 0 saturated carbocycles. The third-order valence-electron chi connectivity index (χ3n) is 8.47. The van der Waals surface area contributed by atoms with Crippen molar-refractivity contribution in [3.8, 4) is 17.2 Å². The minimum absolute atomic E-state index is 0.00727. The molecule has 0 bridgehead atoms. The van der Waals surface area contributed by atoms with Crippen molar-refractivity contribution in [3.05, 3.63) is 62.7 Å². The third kappa shape index (κ3) is 4.53. The number of carbonyl (C=O) groups is 2. The molecule has 11 heteroatoms. The zero-order valence-corrected chi connectivity index (χ0v) is 23.3. The lowest BCUT2D eigenvalue weighted by molar-refractivity contribution is -0.246. The number of phenols is 2. The predicted molar refractivity (Wildman–Crippen MR) is 145 cm³/mol. The number of benzene rings is 2. The summed E-state index contributed by atoms with van der Waals surface area (Å²) in [4.78, 5) is 27.4. The van der Waals surface area contributed by atoms with E-state index in [2.05, 4.69) is 0 Å². The van der Waals surface area contributed by atoms with Crippen LogP contribution in [0.1, 0.15) is 82.7 Å². The van der Waals surface area contributed by atoms with Crippen molar-refractivity contribution in [1.29, 1.82) is 0 Å². The highest BCUT2D eigenvalue weighted by Gasteiger charge is 2.49. The fraction of sp³-hybridized carbons (Fsp3) is 0.467. The summed E-state index contributed by atoms with van der Waals surface area (Å²) in [5, 5.41) is 55.5. The number of fused-ring (bicyclic) bond motifs is 3. The van der Waals surface area contributed by atoms with E-state index in [0.29, 0.717) is 5.57 Å². The van der Waals surface area contributed by atoms with E-state index in [1.54, 1.807) is 26.8 Å². The molecule has 2 aromatic rings. The van der Waals surface area contributed by atoms with E-state index in [1.165, 1.54) is 19.2 Å². The first-order valence-corrected chi connectivity index (χ1v) is 13.5. The Hall–Kier alpha value is -3.32. The van der Waals surface area contributed by atoms with Crippen LogP contribution >= 0.6 is 0 Å². The molecule has 0 amide bonds. The van der Waals surface area contributed by atoms with E-state index in [1.807, 2.05) is 0 Å². The van der Waals surface area contributed by atoms with Crippen LogP contribution in [-0.2, 0) is 15.9 Å². The number of nitrogens with two attached hydrogens (primary N) is 1. The Morgan fingerprint density at radius 1 is 1.12 bits per heavy atom. The van der Waals surface area contributed by atoms with Crippen molar-refractivity contribution in [2.45, 2.75) is 76.3 Å². The highest BCUT2D eigenvalue weighted by atomic mass is 16.7. The minimum Gasteiger partial charge on any atom is -0.507 e. The molecule has 0 spiro atoms. The summed E-state index contributed by atoms with van der Waals surface area (Å²) >= 11 is 0. The third-order valence-corrected chi connectivity index (χ3v) is 8.47. The maximum Gasteiger partial charge on any atom is 0.202 e. The summed E-state index contributed by atoms with van der Waals surface area (Å²) in [7, 11) is 1.35.